The summed E-state index contributed by atoms with van der Waals surface area (Å²) in [5.41, 5.74) is 1.96. The SMILES string of the molecule is C=CCc1c(OC)cccc1C(=O)N[C@H]1C[C@H]2CC[C@@H](C1)N2c1ccc(C(=O)OCC)cn1. The third-order valence-corrected chi connectivity index (χ3v) is 6.54. The van der Waals surface area contributed by atoms with E-state index >= 15 is 0 Å². The van der Waals surface area contributed by atoms with Crippen molar-refractivity contribution in [1.82, 2.24) is 10.3 Å². The number of carbonyl (C=O) groups is 2. The molecule has 0 saturated carbocycles. The number of nitrogens with zero attached hydrogens (tertiary/aromatic N) is 2. The third kappa shape index (κ3) is 4.72. The van der Waals surface area contributed by atoms with Crippen LogP contribution in [0.15, 0.2) is 49.2 Å². The minimum absolute atomic E-state index is 0.0690. The molecule has 2 fully saturated rings. The second kappa shape index (κ2) is 10.1. The van der Waals surface area contributed by atoms with Gasteiger partial charge >= 0.3 is 5.97 Å². The molecule has 0 unspecified atom stereocenters. The van der Waals surface area contributed by atoms with E-state index in [1.165, 1.54) is 0 Å². The molecule has 2 aliphatic heterocycles. The Morgan fingerprint density at radius 3 is 2.58 bits per heavy atom. The smallest absolute Gasteiger partial charge is 0.339 e. The third-order valence-electron chi connectivity index (χ3n) is 6.54. The average Bonchev–Trinajstić information content (AvgIpc) is 3.09. The van der Waals surface area contributed by atoms with Crippen LogP contribution in [0.4, 0.5) is 5.82 Å². The van der Waals surface area contributed by atoms with Crippen LogP contribution in [0.25, 0.3) is 0 Å². The van der Waals surface area contributed by atoms with Gasteiger partial charge in [0.1, 0.15) is 11.6 Å². The first kappa shape index (κ1) is 22.8. The lowest BCUT2D eigenvalue weighted by Crippen LogP contribution is -2.50. The Kier molecular flexibility index (Phi) is 6.96. The van der Waals surface area contributed by atoms with Gasteiger partial charge in [-0.25, -0.2) is 9.78 Å². The number of hydrogen-bond donors (Lipinski definition) is 1. The van der Waals surface area contributed by atoms with Crippen LogP contribution >= 0.6 is 0 Å². The van der Waals surface area contributed by atoms with Crippen LogP contribution in [0.5, 0.6) is 5.75 Å². The quantitative estimate of drug-likeness (QED) is 0.486. The number of piperidine rings is 1. The largest absolute Gasteiger partial charge is 0.496 e. The summed E-state index contributed by atoms with van der Waals surface area (Å²) in [6, 6.07) is 9.96. The highest BCUT2D eigenvalue weighted by molar-refractivity contribution is 5.96. The second-order valence-corrected chi connectivity index (χ2v) is 8.54. The van der Waals surface area contributed by atoms with Gasteiger partial charge in [0.05, 0.1) is 19.3 Å². The van der Waals surface area contributed by atoms with Crippen LogP contribution in [0, 0.1) is 0 Å². The molecule has 1 N–H and O–H groups in total. The number of amides is 1. The topological polar surface area (TPSA) is 80.8 Å². The van der Waals surface area contributed by atoms with E-state index in [1.807, 2.05) is 24.3 Å². The summed E-state index contributed by atoms with van der Waals surface area (Å²) >= 11 is 0. The van der Waals surface area contributed by atoms with Crippen LogP contribution < -0.4 is 15.0 Å². The Hall–Kier alpha value is -3.35. The first-order valence-electron chi connectivity index (χ1n) is 11.5. The first-order chi connectivity index (χ1) is 16.0. The Labute approximate surface area is 194 Å². The molecule has 3 atom stereocenters. The van der Waals surface area contributed by atoms with Gasteiger partial charge < -0.3 is 19.7 Å². The number of rotatable bonds is 8. The first-order valence-corrected chi connectivity index (χ1v) is 11.5. The van der Waals surface area contributed by atoms with Crippen molar-refractivity contribution in [2.75, 3.05) is 18.6 Å². The number of anilines is 1. The highest BCUT2D eigenvalue weighted by atomic mass is 16.5. The number of pyridine rings is 1. The average molecular weight is 450 g/mol. The zero-order valence-corrected chi connectivity index (χ0v) is 19.3. The van der Waals surface area contributed by atoms with E-state index in [9.17, 15) is 9.59 Å². The lowest BCUT2D eigenvalue weighted by molar-refractivity contribution is 0.0525. The minimum atomic E-state index is -0.352. The summed E-state index contributed by atoms with van der Waals surface area (Å²) in [4.78, 5) is 32.0. The molecule has 7 nitrogen and oxygen atoms in total. The summed E-state index contributed by atoms with van der Waals surface area (Å²) in [5, 5.41) is 3.26. The highest BCUT2D eigenvalue weighted by Crippen LogP contribution is 2.38. The zero-order chi connectivity index (χ0) is 23.4. The van der Waals surface area contributed by atoms with Gasteiger partial charge in [-0.2, -0.15) is 0 Å². The fourth-order valence-electron chi connectivity index (χ4n) is 5.13. The molecule has 0 radical (unpaired) electrons. The number of allylic oxidation sites excluding steroid dienone is 1. The molecule has 2 aliphatic rings. The molecular weight excluding hydrogens is 418 g/mol. The fraction of sp³-hybridized carbons (Fsp3) is 0.423. The Balaban J connectivity index is 1.44. The number of ether oxygens (including phenoxy) is 2. The maximum atomic E-state index is 13.1. The number of fused-ring (bicyclic) bond motifs is 2. The number of nitrogens with one attached hydrogen (secondary N) is 1. The molecule has 3 heterocycles. The Bertz CT molecular complexity index is 1010. The van der Waals surface area contributed by atoms with Gasteiger partial charge in [0, 0.05) is 35.4 Å². The molecule has 1 amide bonds. The highest BCUT2D eigenvalue weighted by Gasteiger charge is 2.42. The van der Waals surface area contributed by atoms with Crippen molar-refractivity contribution in [2.24, 2.45) is 0 Å². The molecular formula is C26H31N3O4. The van der Waals surface area contributed by atoms with Crippen molar-refractivity contribution in [1.29, 1.82) is 0 Å². The van der Waals surface area contributed by atoms with Crippen LogP contribution in [0.2, 0.25) is 0 Å². The normalized spacial score (nSPS) is 21.4. The monoisotopic (exact) mass is 449 g/mol. The summed E-state index contributed by atoms with van der Waals surface area (Å²) < 4.78 is 10.5. The van der Waals surface area contributed by atoms with E-state index in [0.717, 1.165) is 37.1 Å². The van der Waals surface area contributed by atoms with Crippen LogP contribution in [-0.4, -0.2) is 48.7 Å². The predicted octanol–water partition coefficient (Wildman–Crippen LogP) is 3.93. The standard InChI is InChI=1S/C26H31N3O4/c1-4-7-21-22(8-6-9-23(21)32-3)25(30)28-18-14-19-11-12-20(15-18)29(19)24-13-10-17(16-27-24)26(31)33-5-2/h4,6,8-10,13,16,18-20H,1,5,7,11-12,14-15H2,2-3H3,(H,28,30)/t18-,19+,20-. The van der Waals surface area contributed by atoms with Gasteiger partial charge in [0.25, 0.3) is 5.91 Å². The maximum Gasteiger partial charge on any atom is 0.339 e. The summed E-state index contributed by atoms with van der Waals surface area (Å²) in [6.45, 7) is 5.94. The van der Waals surface area contributed by atoms with Gasteiger partial charge in [0.2, 0.25) is 0 Å². The van der Waals surface area contributed by atoms with Gasteiger partial charge in [-0.1, -0.05) is 12.1 Å². The van der Waals surface area contributed by atoms with Crippen LogP contribution in [-0.2, 0) is 11.2 Å². The van der Waals surface area contributed by atoms with E-state index in [-0.39, 0.29) is 17.9 Å². The number of benzene rings is 1. The molecule has 1 aromatic heterocycles. The number of hydrogen-bond acceptors (Lipinski definition) is 6. The number of methoxy groups -OCH3 is 1. The van der Waals surface area contributed by atoms with Crippen molar-refractivity contribution in [3.05, 3.63) is 65.9 Å². The molecule has 4 rings (SSSR count). The molecule has 0 spiro atoms. The zero-order valence-electron chi connectivity index (χ0n) is 19.3. The van der Waals surface area contributed by atoms with E-state index < -0.39 is 0 Å². The molecule has 7 heteroatoms. The molecule has 33 heavy (non-hydrogen) atoms. The Morgan fingerprint density at radius 1 is 1.21 bits per heavy atom. The molecule has 1 aromatic carbocycles. The lowest BCUT2D eigenvalue weighted by atomic mass is 9.96. The van der Waals surface area contributed by atoms with E-state index in [1.54, 1.807) is 32.4 Å². The van der Waals surface area contributed by atoms with Gasteiger partial charge in [-0.3, -0.25) is 4.79 Å². The number of carbonyl (C=O) groups excluding carboxylic acids is 2. The molecule has 2 bridgehead atoms. The summed E-state index contributed by atoms with van der Waals surface area (Å²) in [6.07, 6.45) is 7.81. The van der Waals surface area contributed by atoms with Gasteiger partial charge in [0.15, 0.2) is 0 Å². The maximum absolute atomic E-state index is 13.1. The van der Waals surface area contributed by atoms with Crippen molar-refractivity contribution < 1.29 is 19.1 Å². The number of aromatic nitrogens is 1. The van der Waals surface area contributed by atoms with Crippen LogP contribution in [0.1, 0.15) is 58.9 Å². The fourth-order valence-corrected chi connectivity index (χ4v) is 5.13. The van der Waals surface area contributed by atoms with E-state index in [0.29, 0.717) is 42.0 Å². The van der Waals surface area contributed by atoms with Gasteiger partial charge in [-0.15, -0.1) is 6.58 Å². The molecule has 2 saturated heterocycles. The predicted molar refractivity (Wildman–Crippen MR) is 127 cm³/mol. The lowest BCUT2D eigenvalue weighted by Gasteiger charge is -2.40. The number of esters is 1. The van der Waals surface area contributed by atoms with Crippen molar-refractivity contribution >= 4 is 17.7 Å². The summed E-state index contributed by atoms with van der Waals surface area (Å²) in [5.74, 6) is 1.16. The summed E-state index contributed by atoms with van der Waals surface area (Å²) in [7, 11) is 1.62. The molecule has 2 aromatic rings. The van der Waals surface area contributed by atoms with Crippen molar-refractivity contribution in [3.8, 4) is 5.75 Å². The van der Waals surface area contributed by atoms with E-state index in [2.05, 4.69) is 21.8 Å². The van der Waals surface area contributed by atoms with Crippen molar-refractivity contribution in [3.63, 3.8) is 0 Å². The molecule has 174 valence electrons. The van der Waals surface area contributed by atoms with Crippen LogP contribution in [0.3, 0.4) is 0 Å². The minimum Gasteiger partial charge on any atom is -0.496 e. The Morgan fingerprint density at radius 2 is 1.97 bits per heavy atom. The van der Waals surface area contributed by atoms with E-state index in [4.69, 9.17) is 9.47 Å². The van der Waals surface area contributed by atoms with Crippen molar-refractivity contribution in [2.45, 2.75) is 57.2 Å². The molecule has 0 aliphatic carbocycles. The van der Waals surface area contributed by atoms with Gasteiger partial charge in [-0.05, 0) is 63.3 Å². The second-order valence-electron chi connectivity index (χ2n) is 8.54.